The first-order valence-corrected chi connectivity index (χ1v) is 4.35. The highest BCUT2D eigenvalue weighted by Crippen LogP contribution is 2.20. The second-order valence-electron chi connectivity index (χ2n) is 3.50. The second-order valence-corrected chi connectivity index (χ2v) is 3.50. The average molecular weight is 173 g/mol. The minimum Gasteiger partial charge on any atom is -0.372 e. The molecule has 0 aliphatic rings. The molecule has 12 heavy (non-hydrogen) atoms. The maximum atomic E-state index is 11.4. The van der Waals surface area contributed by atoms with Crippen molar-refractivity contribution in [2.45, 2.75) is 27.2 Å². The van der Waals surface area contributed by atoms with E-state index >= 15 is 0 Å². The van der Waals surface area contributed by atoms with Crippen molar-refractivity contribution in [1.29, 1.82) is 0 Å². The van der Waals surface area contributed by atoms with E-state index in [0.29, 0.717) is 13.2 Å². The Balaban J connectivity index is 3.72. The minimum absolute atomic E-state index is 0.151. The second kappa shape index (κ2) is 5.27. The summed E-state index contributed by atoms with van der Waals surface area (Å²) in [5.41, 5.74) is 4.96. The Morgan fingerprint density at radius 1 is 1.50 bits per heavy atom. The summed E-state index contributed by atoms with van der Waals surface area (Å²) in [7, 11) is 0. The zero-order valence-corrected chi connectivity index (χ0v) is 8.22. The van der Waals surface area contributed by atoms with Gasteiger partial charge in [0.25, 0.3) is 0 Å². The van der Waals surface area contributed by atoms with E-state index in [9.17, 15) is 4.79 Å². The maximum absolute atomic E-state index is 11.4. The number of ketones is 1. The van der Waals surface area contributed by atoms with Crippen LogP contribution in [0.5, 0.6) is 0 Å². The Hall–Kier alpha value is -0.410. The molecule has 0 aromatic rings. The summed E-state index contributed by atoms with van der Waals surface area (Å²) >= 11 is 0. The lowest BCUT2D eigenvalue weighted by atomic mass is 9.86. The summed E-state index contributed by atoms with van der Waals surface area (Å²) in [6, 6.07) is 0. The van der Waals surface area contributed by atoms with E-state index in [1.165, 1.54) is 0 Å². The molecule has 0 aliphatic carbocycles. The van der Waals surface area contributed by atoms with Gasteiger partial charge in [-0.25, -0.2) is 0 Å². The monoisotopic (exact) mass is 173 g/mol. The molecule has 0 saturated heterocycles. The molecule has 0 amide bonds. The lowest BCUT2D eigenvalue weighted by molar-refractivity contribution is -0.131. The van der Waals surface area contributed by atoms with Gasteiger partial charge in [0, 0.05) is 12.0 Å². The third-order valence-corrected chi connectivity index (χ3v) is 2.13. The molecule has 0 aromatic carbocycles. The molecular weight excluding hydrogens is 154 g/mol. The van der Waals surface area contributed by atoms with Gasteiger partial charge in [-0.05, 0) is 6.42 Å². The van der Waals surface area contributed by atoms with Crippen LogP contribution in [-0.2, 0) is 9.53 Å². The van der Waals surface area contributed by atoms with E-state index in [0.717, 1.165) is 6.42 Å². The lowest BCUT2D eigenvalue weighted by Crippen LogP contribution is -2.28. The Morgan fingerprint density at radius 3 is 2.50 bits per heavy atom. The van der Waals surface area contributed by atoms with E-state index in [1.54, 1.807) is 0 Å². The Bertz CT molecular complexity index is 143. The normalized spacial score (nSPS) is 11.7. The molecule has 3 nitrogen and oxygen atoms in total. The number of rotatable bonds is 6. The summed E-state index contributed by atoms with van der Waals surface area (Å²) in [6.07, 6.45) is 0.845. The first-order valence-electron chi connectivity index (χ1n) is 4.35. The van der Waals surface area contributed by atoms with Gasteiger partial charge >= 0.3 is 0 Å². The molecule has 3 heteroatoms. The Morgan fingerprint density at radius 2 is 2.08 bits per heavy atom. The summed E-state index contributed by atoms with van der Waals surface area (Å²) in [5, 5.41) is 0. The van der Waals surface area contributed by atoms with E-state index in [-0.39, 0.29) is 17.8 Å². The van der Waals surface area contributed by atoms with E-state index in [1.807, 2.05) is 20.8 Å². The molecule has 0 saturated carbocycles. The zero-order chi connectivity index (χ0) is 9.61. The first-order chi connectivity index (χ1) is 5.54. The van der Waals surface area contributed by atoms with Gasteiger partial charge in [-0.3, -0.25) is 4.79 Å². The zero-order valence-electron chi connectivity index (χ0n) is 8.22. The smallest absolute Gasteiger partial charge is 0.164 e. The molecule has 0 atom stereocenters. The van der Waals surface area contributed by atoms with Crippen molar-refractivity contribution < 1.29 is 9.53 Å². The molecular formula is C9H19NO2. The standard InChI is InChI=1S/C9H19NO2/c1-4-9(2,3)8(11)7-12-6-5-10/h4-7,10H2,1-3H3. The summed E-state index contributed by atoms with van der Waals surface area (Å²) in [6.45, 7) is 6.99. The van der Waals surface area contributed by atoms with Crippen LogP contribution in [0.1, 0.15) is 27.2 Å². The molecule has 0 radical (unpaired) electrons. The van der Waals surface area contributed by atoms with Crippen LogP contribution in [0.3, 0.4) is 0 Å². The number of nitrogens with two attached hydrogens (primary N) is 1. The number of carbonyl (C=O) groups is 1. The molecule has 0 bridgehead atoms. The number of hydrogen-bond acceptors (Lipinski definition) is 3. The van der Waals surface area contributed by atoms with Gasteiger partial charge in [-0.15, -0.1) is 0 Å². The fraction of sp³-hybridized carbons (Fsp3) is 0.889. The summed E-state index contributed by atoms with van der Waals surface area (Å²) in [4.78, 5) is 11.4. The molecule has 0 aromatic heterocycles. The van der Waals surface area contributed by atoms with Gasteiger partial charge in [0.1, 0.15) is 6.61 Å². The number of hydrogen-bond donors (Lipinski definition) is 1. The molecule has 0 aliphatic heterocycles. The first kappa shape index (κ1) is 11.6. The molecule has 2 N–H and O–H groups in total. The average Bonchev–Trinajstić information content (AvgIpc) is 2.05. The topological polar surface area (TPSA) is 52.3 Å². The van der Waals surface area contributed by atoms with E-state index in [2.05, 4.69) is 0 Å². The van der Waals surface area contributed by atoms with Crippen LogP contribution in [0.15, 0.2) is 0 Å². The number of ether oxygens (including phenoxy) is 1. The van der Waals surface area contributed by atoms with Crippen LogP contribution in [-0.4, -0.2) is 25.5 Å². The third-order valence-electron chi connectivity index (χ3n) is 2.13. The van der Waals surface area contributed by atoms with Gasteiger partial charge in [-0.1, -0.05) is 20.8 Å². The van der Waals surface area contributed by atoms with Crippen molar-refractivity contribution in [3.05, 3.63) is 0 Å². The SMILES string of the molecule is CCC(C)(C)C(=O)COCCN. The van der Waals surface area contributed by atoms with E-state index < -0.39 is 0 Å². The number of Topliss-reactive ketones (excluding diaryl/α,β-unsaturated/α-hetero) is 1. The number of carbonyl (C=O) groups excluding carboxylic acids is 1. The molecule has 0 unspecified atom stereocenters. The highest BCUT2D eigenvalue weighted by molar-refractivity contribution is 5.85. The van der Waals surface area contributed by atoms with Gasteiger partial charge in [0.05, 0.1) is 6.61 Å². The predicted octanol–water partition coefficient (Wildman–Crippen LogP) is 0.967. The molecule has 72 valence electrons. The van der Waals surface area contributed by atoms with Gasteiger partial charge in [0.2, 0.25) is 0 Å². The van der Waals surface area contributed by atoms with Crippen LogP contribution in [0.2, 0.25) is 0 Å². The highest BCUT2D eigenvalue weighted by atomic mass is 16.5. The molecule has 0 heterocycles. The fourth-order valence-corrected chi connectivity index (χ4v) is 0.641. The Labute approximate surface area is 74.3 Å². The largest absolute Gasteiger partial charge is 0.372 e. The minimum atomic E-state index is -0.255. The third kappa shape index (κ3) is 3.83. The van der Waals surface area contributed by atoms with Crippen molar-refractivity contribution in [2.24, 2.45) is 11.1 Å². The molecule has 0 fully saturated rings. The quantitative estimate of drug-likeness (QED) is 0.609. The molecule has 0 spiro atoms. The van der Waals surface area contributed by atoms with Gasteiger partial charge in [0.15, 0.2) is 5.78 Å². The predicted molar refractivity (Wildman–Crippen MR) is 49.0 cm³/mol. The van der Waals surface area contributed by atoms with Gasteiger partial charge in [-0.2, -0.15) is 0 Å². The van der Waals surface area contributed by atoms with Crippen LogP contribution < -0.4 is 5.73 Å². The van der Waals surface area contributed by atoms with Crippen molar-refractivity contribution in [3.8, 4) is 0 Å². The van der Waals surface area contributed by atoms with Crippen molar-refractivity contribution >= 4 is 5.78 Å². The summed E-state index contributed by atoms with van der Waals surface area (Å²) < 4.78 is 5.06. The highest BCUT2D eigenvalue weighted by Gasteiger charge is 2.24. The summed E-state index contributed by atoms with van der Waals surface area (Å²) in [5.74, 6) is 0.151. The lowest BCUT2D eigenvalue weighted by Gasteiger charge is -2.20. The van der Waals surface area contributed by atoms with Crippen LogP contribution in [0.25, 0.3) is 0 Å². The van der Waals surface area contributed by atoms with E-state index in [4.69, 9.17) is 10.5 Å². The Kier molecular flexibility index (Phi) is 5.09. The van der Waals surface area contributed by atoms with Crippen LogP contribution in [0, 0.1) is 5.41 Å². The fourth-order valence-electron chi connectivity index (χ4n) is 0.641. The van der Waals surface area contributed by atoms with Gasteiger partial charge < -0.3 is 10.5 Å². The van der Waals surface area contributed by atoms with Crippen molar-refractivity contribution in [2.75, 3.05) is 19.8 Å². The maximum Gasteiger partial charge on any atom is 0.164 e. The van der Waals surface area contributed by atoms with Crippen molar-refractivity contribution in [3.63, 3.8) is 0 Å². The molecule has 0 rings (SSSR count). The van der Waals surface area contributed by atoms with Crippen LogP contribution >= 0.6 is 0 Å². The van der Waals surface area contributed by atoms with Crippen molar-refractivity contribution in [1.82, 2.24) is 0 Å². The van der Waals surface area contributed by atoms with Crippen LogP contribution in [0.4, 0.5) is 0 Å².